The molecule has 0 aliphatic carbocycles. The van der Waals surface area contributed by atoms with Crippen LogP contribution in [0.4, 0.5) is 0 Å². The Balaban J connectivity index is 1.74. The van der Waals surface area contributed by atoms with Gasteiger partial charge in [-0.25, -0.2) is 0 Å². The zero-order valence-electron chi connectivity index (χ0n) is 33.2. The molecule has 299 valence electrons. The zero-order valence-corrected chi connectivity index (χ0v) is 41.1. The molecule has 0 radical (unpaired) electrons. The van der Waals surface area contributed by atoms with Crippen molar-refractivity contribution in [2.75, 3.05) is 0 Å². The van der Waals surface area contributed by atoms with Crippen LogP contribution in [0.25, 0.3) is 0 Å². The summed E-state index contributed by atoms with van der Waals surface area (Å²) in [5.41, 5.74) is 0. The van der Waals surface area contributed by atoms with Crippen molar-refractivity contribution in [2.45, 2.75) is 0 Å². The van der Waals surface area contributed by atoms with Gasteiger partial charge in [-0.3, -0.25) is 0 Å². The third-order valence-electron chi connectivity index (χ3n) is 11.6. The van der Waals surface area contributed by atoms with Crippen LogP contribution in [0.3, 0.4) is 0 Å². The molecule has 0 saturated heterocycles. The minimum atomic E-state index is -4.67. The second kappa shape index (κ2) is 17.8. The first-order valence-corrected chi connectivity index (χ1v) is 45.3. The van der Waals surface area contributed by atoms with E-state index in [0.717, 1.165) is 0 Å². The number of hydrogen-bond acceptors (Lipinski definition) is 2. The fourth-order valence-corrected chi connectivity index (χ4v) is 283. The molecule has 0 atom stereocenters. The molecule has 0 N–H and O–H groups in total. The topological polar surface area (TPSA) is 29.4 Å². The average Bonchev–Trinajstić information content (AvgIpc) is 3.35. The number of benzene rings is 9. The monoisotopic (exact) mass is 1050 g/mol. The molecule has 2 nitrogen and oxygen atoms in total. The summed E-state index contributed by atoms with van der Waals surface area (Å²) in [6, 6.07) is 102. The maximum absolute atomic E-state index is 16.9. The Kier molecular flexibility index (Phi) is 12.0. The van der Waals surface area contributed by atoms with E-state index >= 15 is 4.91 Å². The molecular weight excluding hydrogens is 1010 g/mol. The van der Waals surface area contributed by atoms with Gasteiger partial charge < -0.3 is 0 Å². The molecular formula is C54H48As3NORh. The van der Waals surface area contributed by atoms with Crippen molar-refractivity contribution in [3.8, 4) is 0 Å². The van der Waals surface area contributed by atoms with Crippen LogP contribution in [0.1, 0.15) is 0 Å². The van der Waals surface area contributed by atoms with Gasteiger partial charge in [-0.15, -0.1) is 0 Å². The average molecular weight is 1050 g/mol. The third kappa shape index (κ3) is 6.25. The van der Waals surface area contributed by atoms with Gasteiger partial charge in [0.1, 0.15) is 0 Å². The summed E-state index contributed by atoms with van der Waals surface area (Å²) < 4.78 is 17.1. The number of nitrogens with zero attached hydrogens (tertiary/aromatic N) is 1. The molecule has 0 spiro atoms. The van der Waals surface area contributed by atoms with Crippen molar-refractivity contribution in [3.05, 3.63) is 278 Å². The van der Waals surface area contributed by atoms with Gasteiger partial charge in [0.15, 0.2) is 0 Å². The van der Waals surface area contributed by atoms with Gasteiger partial charge in [0.2, 0.25) is 0 Å². The predicted molar refractivity (Wildman–Crippen MR) is 262 cm³/mol. The van der Waals surface area contributed by atoms with Crippen molar-refractivity contribution in [3.63, 3.8) is 0 Å². The van der Waals surface area contributed by atoms with Crippen LogP contribution >= 0.6 is 0 Å². The number of nitroso groups, excluding NO2 is 1. The van der Waals surface area contributed by atoms with E-state index in [1.807, 2.05) is 0 Å². The third-order valence-corrected chi connectivity index (χ3v) is 186. The van der Waals surface area contributed by atoms with Crippen LogP contribution in [-0.4, -0.2) is 33.5 Å². The van der Waals surface area contributed by atoms with Crippen LogP contribution in [0.5, 0.6) is 0 Å². The second-order valence-corrected chi connectivity index (χ2v) is 99.3. The van der Waals surface area contributed by atoms with Gasteiger partial charge in [-0.2, -0.15) is 0 Å². The first kappa shape index (κ1) is 40.3. The Bertz CT molecular complexity index is 2160. The molecule has 0 fully saturated rings. The Hall–Kier alpha value is -5.12. The first-order valence-electron chi connectivity index (χ1n) is 20.3. The molecule has 9 aromatic rings. The van der Waals surface area contributed by atoms with Crippen molar-refractivity contribution >= 4 is 72.7 Å². The van der Waals surface area contributed by atoms with Gasteiger partial charge in [-0.1, -0.05) is 0 Å². The van der Waals surface area contributed by atoms with Crippen LogP contribution in [0.15, 0.2) is 277 Å². The number of hydrogen-bond donors (Lipinski definition) is 0. The first-order chi connectivity index (χ1) is 29.8. The van der Waals surface area contributed by atoms with Gasteiger partial charge in [0.05, 0.1) is 0 Å². The molecule has 9 aromatic carbocycles. The molecule has 0 bridgehead atoms. The maximum atomic E-state index is 16.9. The van der Waals surface area contributed by atoms with Gasteiger partial charge in [0.25, 0.3) is 0 Å². The minimum absolute atomic E-state index is 1.28. The quantitative estimate of drug-likeness (QED) is 0.103. The Morgan fingerprint density at radius 3 is 0.433 bits per heavy atom. The van der Waals surface area contributed by atoms with Crippen LogP contribution in [0.2, 0.25) is 0 Å². The molecule has 9 rings (SSSR count). The van der Waals surface area contributed by atoms with E-state index in [-0.39, 0.29) is 0 Å². The molecule has 0 amide bonds. The van der Waals surface area contributed by atoms with E-state index in [4.69, 9.17) is 3.92 Å². The molecule has 0 aromatic heterocycles. The van der Waals surface area contributed by atoms with Crippen LogP contribution < -0.4 is 39.2 Å². The van der Waals surface area contributed by atoms with Crippen molar-refractivity contribution in [2.24, 2.45) is 3.92 Å². The van der Waals surface area contributed by atoms with E-state index in [1.54, 1.807) is 0 Å². The summed E-state index contributed by atoms with van der Waals surface area (Å²) in [7, 11) is -4.58. The molecule has 0 heterocycles. The fraction of sp³-hybridized carbons (Fsp3) is 0. The summed E-state index contributed by atoms with van der Waals surface area (Å²) in [5.74, 6) is 0. The van der Waals surface area contributed by atoms with Crippen LogP contribution in [-0.2, 0) is 8.50 Å². The SMILES string of the molecule is O=[N][Rh]([AsH](c1ccccc1)(c1ccccc1)c1ccccc1)([AsH](c1ccccc1)(c1ccccc1)c1ccccc1)[AsH](c1ccccc1)(c1ccccc1)c1ccccc1. The molecule has 0 saturated carbocycles. The molecule has 0 aliphatic rings. The summed E-state index contributed by atoms with van der Waals surface area (Å²) in [6.45, 7) is 0. The van der Waals surface area contributed by atoms with Crippen molar-refractivity contribution < 1.29 is 8.50 Å². The molecule has 6 heteroatoms. The predicted octanol–water partition coefficient (Wildman–Crippen LogP) is 6.02. The van der Waals surface area contributed by atoms with E-state index in [2.05, 4.69) is 273 Å². The standard InChI is InChI=1S/3C18H16As.NO.Rh/c3*1-4-10-16(11-5-1)19(17-12-6-2-7-13-17)18-14-8-3-9-15-18;1-2;/h3*1-15,19H;;/q3*+1;-1;-2. The summed E-state index contributed by atoms with van der Waals surface area (Å²) in [6.07, 6.45) is 0. The van der Waals surface area contributed by atoms with Gasteiger partial charge in [-0.05, 0) is 0 Å². The normalized spacial score (nSPS) is 14.2. The van der Waals surface area contributed by atoms with E-state index < -0.39 is 42.0 Å². The second-order valence-electron chi connectivity index (χ2n) is 14.7. The van der Waals surface area contributed by atoms with E-state index in [0.29, 0.717) is 0 Å². The Morgan fingerprint density at radius 2 is 0.333 bits per heavy atom. The van der Waals surface area contributed by atoms with Crippen molar-refractivity contribution in [1.82, 2.24) is 0 Å². The number of rotatable bonds is 13. The van der Waals surface area contributed by atoms with Crippen molar-refractivity contribution in [1.29, 1.82) is 0 Å². The Morgan fingerprint density at radius 1 is 0.217 bits per heavy atom. The molecule has 0 aliphatic heterocycles. The van der Waals surface area contributed by atoms with Gasteiger partial charge in [0, 0.05) is 0 Å². The summed E-state index contributed by atoms with van der Waals surface area (Å²) in [5, 5.41) is 0. The van der Waals surface area contributed by atoms with E-state index in [1.165, 1.54) is 39.2 Å². The Labute approximate surface area is 359 Å². The van der Waals surface area contributed by atoms with Crippen LogP contribution in [0, 0.1) is 4.91 Å². The molecule has 0 unspecified atom stereocenters. The zero-order chi connectivity index (χ0) is 40.7. The summed E-state index contributed by atoms with van der Waals surface area (Å²) in [4.78, 5) is 16.9. The van der Waals surface area contributed by atoms with Gasteiger partial charge >= 0.3 is 363 Å². The van der Waals surface area contributed by atoms with E-state index in [9.17, 15) is 0 Å². The molecule has 60 heavy (non-hydrogen) atoms. The fourth-order valence-electron chi connectivity index (χ4n) is 9.40. The summed E-state index contributed by atoms with van der Waals surface area (Å²) >= 11 is -14.0.